The molecule has 0 saturated carbocycles. The van der Waals surface area contributed by atoms with Crippen LogP contribution in [0.3, 0.4) is 0 Å². The van der Waals surface area contributed by atoms with Crippen molar-refractivity contribution < 1.29 is 0 Å². The van der Waals surface area contributed by atoms with Gasteiger partial charge in [0.2, 0.25) is 0 Å². The molecule has 1 atom stereocenters. The van der Waals surface area contributed by atoms with E-state index in [4.69, 9.17) is 0 Å². The van der Waals surface area contributed by atoms with E-state index in [0.29, 0.717) is 0 Å². The van der Waals surface area contributed by atoms with Crippen LogP contribution in [0.5, 0.6) is 0 Å². The van der Waals surface area contributed by atoms with Gasteiger partial charge < -0.3 is 0 Å². The molecule has 0 aliphatic carbocycles. The third-order valence-electron chi connectivity index (χ3n) is 3.42. The van der Waals surface area contributed by atoms with E-state index >= 15 is 0 Å². The van der Waals surface area contributed by atoms with Crippen molar-refractivity contribution in [1.29, 1.82) is 0 Å². The summed E-state index contributed by atoms with van der Waals surface area (Å²) in [5.41, 5.74) is 7.92. The van der Waals surface area contributed by atoms with Crippen LogP contribution in [0, 0.1) is 27.7 Å². The summed E-state index contributed by atoms with van der Waals surface area (Å²) in [6, 6.07) is 11.0. The van der Waals surface area contributed by atoms with Crippen LogP contribution in [-0.4, -0.2) is 0 Å². The molecule has 0 amide bonds. The fourth-order valence-electron chi connectivity index (χ4n) is 2.58. The van der Waals surface area contributed by atoms with Gasteiger partial charge in [0.25, 0.3) is 0 Å². The van der Waals surface area contributed by atoms with Crippen molar-refractivity contribution in [3.63, 3.8) is 0 Å². The number of alkyl halides is 1. The number of hydrogen-bond donors (Lipinski definition) is 0. The second-order valence-corrected chi connectivity index (χ2v) is 6.97. The van der Waals surface area contributed by atoms with Gasteiger partial charge >= 0.3 is 0 Å². The molecule has 0 nitrogen and oxygen atoms in total. The summed E-state index contributed by atoms with van der Waals surface area (Å²) < 4.78 is 1.16. The monoisotopic (exact) mass is 380 g/mol. The lowest BCUT2D eigenvalue weighted by Gasteiger charge is -2.19. The minimum absolute atomic E-state index is 0.225. The Bertz CT molecular complexity index is 592. The third-order valence-corrected chi connectivity index (χ3v) is 5.06. The first-order valence-electron chi connectivity index (χ1n) is 6.38. The van der Waals surface area contributed by atoms with E-state index in [1.54, 1.807) is 0 Å². The van der Waals surface area contributed by atoms with Crippen LogP contribution in [0.15, 0.2) is 34.8 Å². The van der Waals surface area contributed by atoms with Gasteiger partial charge in [-0.2, -0.15) is 0 Å². The number of rotatable bonds is 2. The van der Waals surface area contributed by atoms with Crippen molar-refractivity contribution in [2.45, 2.75) is 32.5 Å². The number of hydrogen-bond acceptors (Lipinski definition) is 0. The molecule has 0 bridgehead atoms. The van der Waals surface area contributed by atoms with Crippen LogP contribution < -0.4 is 0 Å². The fourth-order valence-corrected chi connectivity index (χ4v) is 4.73. The van der Waals surface area contributed by atoms with Crippen LogP contribution in [-0.2, 0) is 0 Å². The number of aryl methyl sites for hydroxylation is 4. The Labute approximate surface area is 132 Å². The minimum Gasteiger partial charge on any atom is -0.0786 e. The predicted molar refractivity (Wildman–Crippen MR) is 90.3 cm³/mol. The average Bonchev–Trinajstić information content (AvgIpc) is 2.26. The molecule has 2 aromatic rings. The Morgan fingerprint density at radius 1 is 0.842 bits per heavy atom. The third kappa shape index (κ3) is 3.11. The topological polar surface area (TPSA) is 0 Å². The first-order chi connectivity index (χ1) is 8.90. The van der Waals surface area contributed by atoms with E-state index < -0.39 is 0 Å². The molecule has 19 heavy (non-hydrogen) atoms. The largest absolute Gasteiger partial charge is 0.0786 e. The van der Waals surface area contributed by atoms with Crippen LogP contribution >= 0.6 is 31.9 Å². The highest BCUT2D eigenvalue weighted by molar-refractivity contribution is 9.11. The Hall–Kier alpha value is -0.600. The van der Waals surface area contributed by atoms with Crippen LogP contribution in [0.2, 0.25) is 0 Å². The molecule has 100 valence electrons. The van der Waals surface area contributed by atoms with Crippen molar-refractivity contribution in [3.8, 4) is 0 Å². The summed E-state index contributed by atoms with van der Waals surface area (Å²) in [5, 5.41) is 0. The first-order valence-corrected chi connectivity index (χ1v) is 8.09. The lowest BCUT2D eigenvalue weighted by atomic mass is 9.94. The predicted octanol–water partition coefficient (Wildman–Crippen LogP) is 6.17. The molecular weight excluding hydrogens is 364 g/mol. The van der Waals surface area contributed by atoms with Crippen LogP contribution in [0.4, 0.5) is 0 Å². The lowest BCUT2D eigenvalue weighted by molar-refractivity contribution is 1.09. The molecule has 0 saturated heterocycles. The zero-order valence-corrected chi connectivity index (χ0v) is 14.9. The summed E-state index contributed by atoms with van der Waals surface area (Å²) >= 11 is 7.54. The van der Waals surface area contributed by atoms with Gasteiger partial charge in [0.15, 0.2) is 0 Å². The molecule has 2 rings (SSSR count). The molecule has 0 heterocycles. The van der Waals surface area contributed by atoms with Gasteiger partial charge in [-0.05, 0) is 61.6 Å². The summed E-state index contributed by atoms with van der Waals surface area (Å²) in [7, 11) is 0. The standard InChI is InChI=1S/C17H18Br2/c1-10-5-6-14(15(18)9-10)17(19)16-12(3)7-11(2)8-13(16)4/h5-9,17H,1-4H3. The average molecular weight is 382 g/mol. The Morgan fingerprint density at radius 2 is 1.42 bits per heavy atom. The molecule has 0 spiro atoms. The van der Waals surface area contributed by atoms with Crippen LogP contribution in [0.1, 0.15) is 38.2 Å². The van der Waals surface area contributed by atoms with E-state index in [1.165, 1.54) is 33.4 Å². The molecule has 0 aliphatic heterocycles. The first kappa shape index (κ1) is 14.8. The van der Waals surface area contributed by atoms with Gasteiger partial charge in [0, 0.05) is 4.47 Å². The van der Waals surface area contributed by atoms with Gasteiger partial charge in [-0.15, -0.1) is 0 Å². The lowest BCUT2D eigenvalue weighted by Crippen LogP contribution is -2.01. The zero-order valence-electron chi connectivity index (χ0n) is 11.7. The summed E-state index contributed by atoms with van der Waals surface area (Å²) in [5.74, 6) is 0. The quantitative estimate of drug-likeness (QED) is 0.546. The van der Waals surface area contributed by atoms with Crippen molar-refractivity contribution in [3.05, 3.63) is 68.2 Å². The van der Waals surface area contributed by atoms with Crippen molar-refractivity contribution in [2.24, 2.45) is 0 Å². The van der Waals surface area contributed by atoms with E-state index in [1.807, 2.05) is 0 Å². The SMILES string of the molecule is Cc1cc(C)c(C(Br)c2ccc(C)cc2Br)c(C)c1. The maximum Gasteiger partial charge on any atom is 0.0660 e. The van der Waals surface area contributed by atoms with Crippen molar-refractivity contribution in [1.82, 2.24) is 0 Å². The van der Waals surface area contributed by atoms with Gasteiger partial charge in [0.05, 0.1) is 4.83 Å². The highest BCUT2D eigenvalue weighted by atomic mass is 79.9. The number of halogens is 2. The van der Waals surface area contributed by atoms with E-state index in [2.05, 4.69) is 89.9 Å². The molecule has 0 N–H and O–H groups in total. The smallest absolute Gasteiger partial charge is 0.0660 e. The highest BCUT2D eigenvalue weighted by Crippen LogP contribution is 2.39. The highest BCUT2D eigenvalue weighted by Gasteiger charge is 2.17. The summed E-state index contributed by atoms with van der Waals surface area (Å²) in [6.45, 7) is 8.63. The van der Waals surface area contributed by atoms with E-state index in [9.17, 15) is 0 Å². The molecule has 0 aromatic heterocycles. The second kappa shape index (κ2) is 5.80. The van der Waals surface area contributed by atoms with E-state index in [0.717, 1.165) is 4.47 Å². The maximum atomic E-state index is 3.87. The molecule has 1 unspecified atom stereocenters. The molecule has 2 aromatic carbocycles. The van der Waals surface area contributed by atoms with Crippen molar-refractivity contribution >= 4 is 31.9 Å². The summed E-state index contributed by atoms with van der Waals surface area (Å²) in [6.07, 6.45) is 0. The molecule has 0 aliphatic rings. The van der Waals surface area contributed by atoms with Gasteiger partial charge in [-0.1, -0.05) is 61.7 Å². The van der Waals surface area contributed by atoms with Gasteiger partial charge in [0.1, 0.15) is 0 Å². The number of benzene rings is 2. The van der Waals surface area contributed by atoms with Gasteiger partial charge in [-0.3, -0.25) is 0 Å². The Kier molecular flexibility index (Phi) is 4.52. The molecule has 2 heteroatoms. The molecule has 0 fully saturated rings. The van der Waals surface area contributed by atoms with Gasteiger partial charge in [-0.25, -0.2) is 0 Å². The zero-order chi connectivity index (χ0) is 14.2. The van der Waals surface area contributed by atoms with E-state index in [-0.39, 0.29) is 4.83 Å². The molecule has 0 radical (unpaired) electrons. The summed E-state index contributed by atoms with van der Waals surface area (Å²) in [4.78, 5) is 0.225. The molecular formula is C17H18Br2. The van der Waals surface area contributed by atoms with Crippen molar-refractivity contribution in [2.75, 3.05) is 0 Å². The Balaban J connectivity index is 2.53. The normalized spacial score (nSPS) is 12.5. The maximum absolute atomic E-state index is 3.87. The second-order valence-electron chi connectivity index (χ2n) is 5.20. The fraction of sp³-hybridized carbons (Fsp3) is 0.294. The van der Waals surface area contributed by atoms with Crippen LogP contribution in [0.25, 0.3) is 0 Å². The minimum atomic E-state index is 0.225. The Morgan fingerprint density at radius 3 is 1.95 bits per heavy atom.